The van der Waals surface area contributed by atoms with Crippen molar-refractivity contribution in [1.29, 1.82) is 0 Å². The normalized spacial score (nSPS) is 16.5. The van der Waals surface area contributed by atoms with Crippen molar-refractivity contribution in [3.8, 4) is 0 Å². The number of pyridine rings is 1. The van der Waals surface area contributed by atoms with E-state index in [2.05, 4.69) is 10.3 Å². The van der Waals surface area contributed by atoms with Crippen molar-refractivity contribution in [2.45, 2.75) is 19.4 Å². The van der Waals surface area contributed by atoms with Gasteiger partial charge >= 0.3 is 0 Å². The summed E-state index contributed by atoms with van der Waals surface area (Å²) in [5.74, 6) is 3.04. The van der Waals surface area contributed by atoms with Crippen LogP contribution in [0.1, 0.15) is 28.9 Å². The van der Waals surface area contributed by atoms with Crippen molar-refractivity contribution in [3.05, 3.63) is 29.6 Å². The second-order valence-electron chi connectivity index (χ2n) is 4.51. The van der Waals surface area contributed by atoms with E-state index in [9.17, 15) is 4.79 Å². The summed E-state index contributed by atoms with van der Waals surface area (Å²) in [6.45, 7) is 1.14. The van der Waals surface area contributed by atoms with Crippen LogP contribution >= 0.6 is 11.8 Å². The van der Waals surface area contributed by atoms with Gasteiger partial charge in [0.2, 0.25) is 0 Å². The first-order chi connectivity index (χ1) is 8.79. The number of nitrogens with two attached hydrogens (primary N) is 1. The minimum atomic E-state index is -0.0228. The number of nitrogens with one attached hydrogen (secondary N) is 1. The molecule has 1 aliphatic rings. The highest BCUT2D eigenvalue weighted by Gasteiger charge is 2.15. The third-order valence-electron chi connectivity index (χ3n) is 3.18. The van der Waals surface area contributed by atoms with E-state index in [0.29, 0.717) is 18.0 Å². The van der Waals surface area contributed by atoms with Crippen molar-refractivity contribution in [3.63, 3.8) is 0 Å². The Morgan fingerprint density at radius 1 is 1.50 bits per heavy atom. The average Bonchev–Trinajstić information content (AvgIpc) is 2.46. The van der Waals surface area contributed by atoms with Gasteiger partial charge in [0.05, 0.1) is 5.69 Å². The minimum Gasteiger partial charge on any atom is -0.352 e. The van der Waals surface area contributed by atoms with Crippen molar-refractivity contribution in [2.75, 3.05) is 18.1 Å². The van der Waals surface area contributed by atoms with Gasteiger partial charge in [0, 0.05) is 24.8 Å². The first-order valence-electron chi connectivity index (χ1n) is 6.30. The summed E-state index contributed by atoms with van der Waals surface area (Å²) < 4.78 is 0. The lowest BCUT2D eigenvalue weighted by atomic mass is 10.0. The zero-order valence-electron chi connectivity index (χ0n) is 10.4. The van der Waals surface area contributed by atoms with Crippen molar-refractivity contribution in [1.82, 2.24) is 10.3 Å². The van der Waals surface area contributed by atoms with Gasteiger partial charge in [0.25, 0.3) is 5.91 Å². The highest BCUT2D eigenvalue weighted by atomic mass is 32.2. The van der Waals surface area contributed by atoms with E-state index in [-0.39, 0.29) is 5.91 Å². The summed E-state index contributed by atoms with van der Waals surface area (Å²) in [5.41, 5.74) is 6.91. The Labute approximate surface area is 112 Å². The number of nitrogens with zero attached hydrogens (tertiary/aromatic N) is 1. The Bertz CT molecular complexity index is 405. The maximum atomic E-state index is 12.0. The number of carbonyl (C=O) groups excluding carboxylic acids is 1. The second-order valence-corrected chi connectivity index (χ2v) is 5.73. The molecule has 0 aliphatic carbocycles. The molecule has 1 aromatic heterocycles. The zero-order valence-corrected chi connectivity index (χ0v) is 11.2. The van der Waals surface area contributed by atoms with Crippen LogP contribution in [-0.4, -0.2) is 28.9 Å². The van der Waals surface area contributed by atoms with E-state index < -0.39 is 0 Å². The van der Waals surface area contributed by atoms with Crippen LogP contribution in [0, 0.1) is 5.92 Å². The van der Waals surface area contributed by atoms with E-state index in [1.54, 1.807) is 18.3 Å². The smallest absolute Gasteiger partial charge is 0.251 e. The molecule has 18 heavy (non-hydrogen) atoms. The molecular formula is C13H19N3OS. The SMILES string of the molecule is NCc1cc(C(=O)NCC2CCSCC2)ccn1. The number of hydrogen-bond acceptors (Lipinski definition) is 4. The highest BCUT2D eigenvalue weighted by molar-refractivity contribution is 7.99. The van der Waals surface area contributed by atoms with Crippen LogP contribution in [0.2, 0.25) is 0 Å². The zero-order chi connectivity index (χ0) is 12.8. The molecule has 0 bridgehead atoms. The monoisotopic (exact) mass is 265 g/mol. The Morgan fingerprint density at radius 3 is 3.00 bits per heavy atom. The lowest BCUT2D eigenvalue weighted by Crippen LogP contribution is -2.31. The Morgan fingerprint density at radius 2 is 2.28 bits per heavy atom. The quantitative estimate of drug-likeness (QED) is 0.864. The molecular weight excluding hydrogens is 246 g/mol. The Hall–Kier alpha value is -1.07. The van der Waals surface area contributed by atoms with Crippen molar-refractivity contribution >= 4 is 17.7 Å². The fraction of sp³-hybridized carbons (Fsp3) is 0.538. The maximum absolute atomic E-state index is 12.0. The van der Waals surface area contributed by atoms with Gasteiger partial charge in [0.15, 0.2) is 0 Å². The molecule has 98 valence electrons. The van der Waals surface area contributed by atoms with E-state index in [4.69, 9.17) is 5.73 Å². The van der Waals surface area contributed by atoms with E-state index >= 15 is 0 Å². The molecule has 3 N–H and O–H groups in total. The predicted molar refractivity (Wildman–Crippen MR) is 74.5 cm³/mol. The summed E-state index contributed by atoms with van der Waals surface area (Å²) in [5, 5.41) is 3.00. The third-order valence-corrected chi connectivity index (χ3v) is 4.23. The number of thioether (sulfide) groups is 1. The van der Waals surface area contributed by atoms with Crippen LogP contribution in [0.4, 0.5) is 0 Å². The van der Waals surface area contributed by atoms with Gasteiger partial charge in [-0.2, -0.15) is 11.8 Å². The predicted octanol–water partition coefficient (Wildman–Crippen LogP) is 1.41. The van der Waals surface area contributed by atoms with Crippen LogP contribution in [0.25, 0.3) is 0 Å². The van der Waals surface area contributed by atoms with Crippen LogP contribution < -0.4 is 11.1 Å². The van der Waals surface area contributed by atoms with Crippen molar-refractivity contribution < 1.29 is 4.79 Å². The number of amides is 1. The molecule has 1 aromatic rings. The molecule has 0 aromatic carbocycles. The standard InChI is InChI=1S/C13H19N3OS/c14-8-12-7-11(1-4-15-12)13(17)16-9-10-2-5-18-6-3-10/h1,4,7,10H,2-3,5-6,8-9,14H2,(H,16,17). The summed E-state index contributed by atoms with van der Waals surface area (Å²) in [4.78, 5) is 16.1. The highest BCUT2D eigenvalue weighted by Crippen LogP contribution is 2.21. The molecule has 2 rings (SSSR count). The summed E-state index contributed by atoms with van der Waals surface area (Å²) in [7, 11) is 0. The molecule has 0 unspecified atom stereocenters. The topological polar surface area (TPSA) is 68.0 Å². The Kier molecular flexibility index (Phi) is 5.01. The third kappa shape index (κ3) is 3.71. The molecule has 0 saturated carbocycles. The van der Waals surface area contributed by atoms with Gasteiger partial charge in [-0.05, 0) is 42.4 Å². The molecule has 1 aliphatic heterocycles. The average molecular weight is 265 g/mol. The van der Waals surface area contributed by atoms with Crippen LogP contribution in [0.5, 0.6) is 0 Å². The molecule has 5 heteroatoms. The second kappa shape index (κ2) is 6.75. The first-order valence-corrected chi connectivity index (χ1v) is 7.46. The molecule has 1 amide bonds. The first kappa shape index (κ1) is 13.4. The molecule has 1 fully saturated rings. The Balaban J connectivity index is 1.86. The van der Waals surface area contributed by atoms with E-state index in [1.165, 1.54) is 24.3 Å². The van der Waals surface area contributed by atoms with Crippen LogP contribution in [0.3, 0.4) is 0 Å². The van der Waals surface area contributed by atoms with Crippen LogP contribution in [0.15, 0.2) is 18.3 Å². The van der Waals surface area contributed by atoms with Gasteiger partial charge in [-0.1, -0.05) is 0 Å². The summed E-state index contributed by atoms with van der Waals surface area (Å²) in [6, 6.07) is 3.48. The van der Waals surface area contributed by atoms with Gasteiger partial charge in [-0.15, -0.1) is 0 Å². The van der Waals surface area contributed by atoms with Gasteiger partial charge in [0.1, 0.15) is 0 Å². The largest absolute Gasteiger partial charge is 0.352 e. The van der Waals surface area contributed by atoms with Gasteiger partial charge < -0.3 is 11.1 Å². The number of hydrogen-bond donors (Lipinski definition) is 2. The summed E-state index contributed by atoms with van der Waals surface area (Å²) in [6.07, 6.45) is 4.04. The number of rotatable bonds is 4. The maximum Gasteiger partial charge on any atom is 0.251 e. The van der Waals surface area contributed by atoms with E-state index in [0.717, 1.165) is 12.2 Å². The number of carbonyl (C=O) groups is 1. The lowest BCUT2D eigenvalue weighted by molar-refractivity contribution is 0.0946. The molecule has 4 nitrogen and oxygen atoms in total. The molecule has 0 spiro atoms. The van der Waals surface area contributed by atoms with Crippen molar-refractivity contribution in [2.24, 2.45) is 11.7 Å². The lowest BCUT2D eigenvalue weighted by Gasteiger charge is -2.21. The summed E-state index contributed by atoms with van der Waals surface area (Å²) >= 11 is 2.00. The molecule has 0 atom stereocenters. The fourth-order valence-corrected chi connectivity index (χ4v) is 3.22. The molecule has 0 radical (unpaired) electrons. The van der Waals surface area contributed by atoms with E-state index in [1.807, 2.05) is 11.8 Å². The number of aromatic nitrogens is 1. The van der Waals surface area contributed by atoms with Gasteiger partial charge in [-0.25, -0.2) is 0 Å². The van der Waals surface area contributed by atoms with Crippen LogP contribution in [-0.2, 0) is 6.54 Å². The molecule has 2 heterocycles. The van der Waals surface area contributed by atoms with Gasteiger partial charge in [-0.3, -0.25) is 9.78 Å². The minimum absolute atomic E-state index is 0.0228. The molecule has 1 saturated heterocycles. The fourth-order valence-electron chi connectivity index (χ4n) is 2.02.